The Kier molecular flexibility index (Phi) is 7.29. The number of benzene rings is 2. The molecule has 0 radical (unpaired) electrons. The summed E-state index contributed by atoms with van der Waals surface area (Å²) < 4.78 is 5.16. The monoisotopic (exact) mass is 426 g/mol. The SMILES string of the molecule is COc1ccc(Nc2cc(C)nc(NCCNC(=O)Nc3ccc(Cl)cc3)n2)cc1. The van der Waals surface area contributed by atoms with Crippen LogP contribution in [0.5, 0.6) is 5.75 Å². The zero-order chi connectivity index (χ0) is 21.3. The van der Waals surface area contributed by atoms with Gasteiger partial charge in [-0.15, -0.1) is 0 Å². The number of carbonyl (C=O) groups is 1. The third kappa shape index (κ3) is 6.52. The highest BCUT2D eigenvalue weighted by atomic mass is 35.5. The smallest absolute Gasteiger partial charge is 0.319 e. The Bertz CT molecular complexity index is 980. The van der Waals surface area contributed by atoms with E-state index < -0.39 is 0 Å². The summed E-state index contributed by atoms with van der Waals surface area (Å²) in [6.07, 6.45) is 0. The van der Waals surface area contributed by atoms with E-state index in [0.717, 1.165) is 17.1 Å². The van der Waals surface area contributed by atoms with Gasteiger partial charge in [-0.2, -0.15) is 4.98 Å². The third-order valence-electron chi connectivity index (χ3n) is 4.01. The highest BCUT2D eigenvalue weighted by Gasteiger charge is 2.04. The number of nitrogens with one attached hydrogen (secondary N) is 4. The lowest BCUT2D eigenvalue weighted by molar-refractivity contribution is 0.252. The molecule has 0 bridgehead atoms. The molecule has 30 heavy (non-hydrogen) atoms. The van der Waals surface area contributed by atoms with E-state index in [1.165, 1.54) is 0 Å². The highest BCUT2D eigenvalue weighted by Crippen LogP contribution is 2.20. The zero-order valence-electron chi connectivity index (χ0n) is 16.7. The average Bonchev–Trinajstić information content (AvgIpc) is 2.73. The number of ether oxygens (including phenoxy) is 1. The number of nitrogens with zero attached hydrogens (tertiary/aromatic N) is 2. The molecule has 8 nitrogen and oxygen atoms in total. The molecule has 9 heteroatoms. The first-order valence-electron chi connectivity index (χ1n) is 9.33. The van der Waals surface area contributed by atoms with E-state index in [0.29, 0.717) is 35.6 Å². The van der Waals surface area contributed by atoms with Gasteiger partial charge in [0, 0.05) is 41.2 Å². The summed E-state index contributed by atoms with van der Waals surface area (Å²) >= 11 is 5.83. The lowest BCUT2D eigenvalue weighted by atomic mass is 10.3. The molecule has 0 saturated heterocycles. The summed E-state index contributed by atoms with van der Waals surface area (Å²) in [6.45, 7) is 2.77. The fraction of sp³-hybridized carbons (Fsp3) is 0.190. The standard InChI is InChI=1S/C21H23ClN6O2/c1-14-13-19(26-16-7-9-18(30-2)10-8-16)28-20(25-14)23-11-12-24-21(29)27-17-5-3-15(22)4-6-17/h3-10,13H,11-12H2,1-2H3,(H2,24,27,29)(H2,23,25,26,28). The van der Waals surface area contributed by atoms with Crippen molar-refractivity contribution in [3.63, 3.8) is 0 Å². The Balaban J connectivity index is 1.47. The number of rotatable bonds is 8. The molecule has 0 aliphatic heterocycles. The van der Waals surface area contributed by atoms with Crippen molar-refractivity contribution in [2.75, 3.05) is 36.1 Å². The molecule has 0 fully saturated rings. The molecule has 0 aliphatic carbocycles. The summed E-state index contributed by atoms with van der Waals surface area (Å²) in [4.78, 5) is 20.8. The minimum atomic E-state index is -0.300. The molecule has 0 atom stereocenters. The van der Waals surface area contributed by atoms with Crippen molar-refractivity contribution in [3.05, 3.63) is 65.3 Å². The summed E-state index contributed by atoms with van der Waals surface area (Å²) in [6, 6.07) is 16.0. The number of halogens is 1. The second-order valence-electron chi connectivity index (χ2n) is 6.39. The largest absolute Gasteiger partial charge is 0.497 e. The predicted molar refractivity (Wildman–Crippen MR) is 120 cm³/mol. The van der Waals surface area contributed by atoms with Crippen molar-refractivity contribution in [2.45, 2.75) is 6.92 Å². The van der Waals surface area contributed by atoms with Crippen LogP contribution in [-0.2, 0) is 0 Å². The van der Waals surface area contributed by atoms with Crippen LogP contribution in [0.1, 0.15) is 5.69 Å². The van der Waals surface area contributed by atoms with Crippen molar-refractivity contribution in [1.29, 1.82) is 0 Å². The van der Waals surface area contributed by atoms with Crippen molar-refractivity contribution < 1.29 is 9.53 Å². The number of carbonyl (C=O) groups excluding carboxylic acids is 1. The van der Waals surface area contributed by atoms with Crippen LogP contribution >= 0.6 is 11.6 Å². The van der Waals surface area contributed by atoms with E-state index in [9.17, 15) is 4.79 Å². The predicted octanol–water partition coefficient (Wildman–Crippen LogP) is 4.42. The molecule has 3 aromatic rings. The minimum absolute atomic E-state index is 0.300. The normalized spacial score (nSPS) is 10.2. The van der Waals surface area contributed by atoms with E-state index in [1.807, 2.05) is 37.3 Å². The number of amides is 2. The van der Waals surface area contributed by atoms with Gasteiger partial charge in [-0.05, 0) is 55.5 Å². The first kappa shape index (κ1) is 21.2. The summed E-state index contributed by atoms with van der Waals surface area (Å²) in [5.74, 6) is 1.93. The lowest BCUT2D eigenvalue weighted by Gasteiger charge is -2.11. The minimum Gasteiger partial charge on any atom is -0.497 e. The molecule has 1 heterocycles. The summed E-state index contributed by atoms with van der Waals surface area (Å²) in [5.41, 5.74) is 2.37. The van der Waals surface area contributed by atoms with Crippen LogP contribution < -0.4 is 26.0 Å². The van der Waals surface area contributed by atoms with E-state index in [2.05, 4.69) is 31.2 Å². The number of aromatic nitrogens is 2. The quantitative estimate of drug-likeness (QED) is 0.398. The molecule has 0 spiro atoms. The Hall–Kier alpha value is -3.52. The van der Waals surface area contributed by atoms with Crippen molar-refractivity contribution in [3.8, 4) is 5.75 Å². The third-order valence-corrected chi connectivity index (χ3v) is 4.26. The maximum Gasteiger partial charge on any atom is 0.319 e. The van der Waals surface area contributed by atoms with Crippen LogP contribution in [0.15, 0.2) is 54.6 Å². The van der Waals surface area contributed by atoms with Gasteiger partial charge in [0.25, 0.3) is 0 Å². The molecular weight excluding hydrogens is 404 g/mol. The van der Waals surface area contributed by atoms with Crippen molar-refractivity contribution in [1.82, 2.24) is 15.3 Å². The molecule has 156 valence electrons. The number of aryl methyl sites for hydroxylation is 1. The molecule has 0 saturated carbocycles. The second kappa shape index (κ2) is 10.3. The molecule has 2 aromatic carbocycles. The molecular formula is C21H23ClN6O2. The Morgan fingerprint density at radius 1 is 1.00 bits per heavy atom. The first-order chi connectivity index (χ1) is 14.5. The van der Waals surface area contributed by atoms with Crippen LogP contribution in [0.2, 0.25) is 5.02 Å². The Morgan fingerprint density at radius 3 is 2.40 bits per heavy atom. The van der Waals surface area contributed by atoms with Crippen LogP contribution in [0, 0.1) is 6.92 Å². The van der Waals surface area contributed by atoms with Gasteiger partial charge in [0.05, 0.1) is 7.11 Å². The van der Waals surface area contributed by atoms with Crippen molar-refractivity contribution in [2.24, 2.45) is 0 Å². The first-order valence-corrected chi connectivity index (χ1v) is 9.71. The number of anilines is 4. The zero-order valence-corrected chi connectivity index (χ0v) is 17.5. The van der Waals surface area contributed by atoms with E-state index in [1.54, 1.807) is 31.4 Å². The second-order valence-corrected chi connectivity index (χ2v) is 6.82. The topological polar surface area (TPSA) is 100 Å². The van der Waals surface area contributed by atoms with Crippen LogP contribution in [-0.4, -0.2) is 36.2 Å². The van der Waals surface area contributed by atoms with Gasteiger partial charge >= 0.3 is 6.03 Å². The summed E-state index contributed by atoms with van der Waals surface area (Å²) in [5, 5.41) is 12.5. The molecule has 4 N–H and O–H groups in total. The number of hydrogen-bond donors (Lipinski definition) is 4. The van der Waals surface area contributed by atoms with E-state index >= 15 is 0 Å². The van der Waals surface area contributed by atoms with Crippen LogP contribution in [0.4, 0.5) is 27.9 Å². The lowest BCUT2D eigenvalue weighted by Crippen LogP contribution is -2.32. The van der Waals surface area contributed by atoms with E-state index in [4.69, 9.17) is 16.3 Å². The van der Waals surface area contributed by atoms with Crippen LogP contribution in [0.3, 0.4) is 0 Å². The molecule has 3 rings (SSSR count). The number of hydrogen-bond acceptors (Lipinski definition) is 6. The molecule has 2 amide bonds. The average molecular weight is 427 g/mol. The molecule has 0 aliphatic rings. The van der Waals surface area contributed by atoms with Crippen LogP contribution in [0.25, 0.3) is 0 Å². The van der Waals surface area contributed by atoms with Gasteiger partial charge in [0.15, 0.2) is 0 Å². The summed E-state index contributed by atoms with van der Waals surface area (Å²) in [7, 11) is 1.63. The molecule has 0 unspecified atom stereocenters. The van der Waals surface area contributed by atoms with Gasteiger partial charge in [0.2, 0.25) is 5.95 Å². The van der Waals surface area contributed by atoms with Gasteiger partial charge < -0.3 is 26.0 Å². The molecule has 1 aromatic heterocycles. The fourth-order valence-electron chi connectivity index (χ4n) is 2.59. The maximum atomic E-state index is 11.9. The number of methoxy groups -OCH3 is 1. The highest BCUT2D eigenvalue weighted by molar-refractivity contribution is 6.30. The fourth-order valence-corrected chi connectivity index (χ4v) is 2.72. The van der Waals surface area contributed by atoms with Gasteiger partial charge in [0.1, 0.15) is 11.6 Å². The number of urea groups is 1. The van der Waals surface area contributed by atoms with E-state index in [-0.39, 0.29) is 6.03 Å². The maximum absolute atomic E-state index is 11.9. The van der Waals surface area contributed by atoms with Gasteiger partial charge in [-0.25, -0.2) is 9.78 Å². The van der Waals surface area contributed by atoms with Gasteiger partial charge in [-0.3, -0.25) is 0 Å². The van der Waals surface area contributed by atoms with Crippen molar-refractivity contribution >= 4 is 40.8 Å². The Labute approximate surface area is 180 Å². The Morgan fingerprint density at radius 2 is 1.70 bits per heavy atom. The van der Waals surface area contributed by atoms with Gasteiger partial charge in [-0.1, -0.05) is 11.6 Å².